The molecule has 2 unspecified atom stereocenters. The molecule has 9 nitrogen and oxygen atoms in total. The molecule has 11 heteroatoms. The first-order valence-electron chi connectivity index (χ1n) is 9.83. The van der Waals surface area contributed by atoms with E-state index in [9.17, 15) is 15.0 Å². The number of anilines is 1. The molecule has 5 atom stereocenters. The summed E-state index contributed by atoms with van der Waals surface area (Å²) in [6.07, 6.45) is -0.124. The Labute approximate surface area is 196 Å². The van der Waals surface area contributed by atoms with Gasteiger partial charge in [-0.3, -0.25) is 4.79 Å². The Hall–Kier alpha value is -2.02. The standard InChI is InChI=1S/C20H20ClIN6O3/c1-23-18(31)20-6-11(20)13(14(29)15(20)30)28-8-25-12-16(26-19(22)27-17(12)28)24-7-9-3-2-4-10(21)5-9/h2-5,8,11,13-15,29-30H,6-7H2,1H3,(H,23,31)(H,24,26,27)/t11?,13-,14+,15?,20-/m1/s1. The lowest BCUT2D eigenvalue weighted by atomic mass is 9.98. The fourth-order valence-corrected chi connectivity index (χ4v) is 5.53. The summed E-state index contributed by atoms with van der Waals surface area (Å²) in [5.41, 5.74) is 1.14. The van der Waals surface area contributed by atoms with Crippen molar-refractivity contribution in [3.8, 4) is 0 Å². The van der Waals surface area contributed by atoms with Crippen molar-refractivity contribution in [2.24, 2.45) is 11.3 Å². The van der Waals surface area contributed by atoms with Crippen molar-refractivity contribution >= 4 is 57.1 Å². The number of imidazole rings is 1. The van der Waals surface area contributed by atoms with Gasteiger partial charge in [-0.2, -0.15) is 0 Å². The van der Waals surface area contributed by atoms with E-state index in [4.69, 9.17) is 11.6 Å². The third-order valence-corrected chi connectivity index (χ3v) is 7.10. The van der Waals surface area contributed by atoms with Gasteiger partial charge in [0, 0.05) is 47.1 Å². The molecule has 0 saturated heterocycles. The van der Waals surface area contributed by atoms with Crippen LogP contribution in [0.5, 0.6) is 0 Å². The largest absolute Gasteiger partial charge is 0.389 e. The number of carbonyl (C=O) groups is 1. The highest BCUT2D eigenvalue weighted by Crippen LogP contribution is 2.67. The van der Waals surface area contributed by atoms with Crippen molar-refractivity contribution in [2.75, 3.05) is 12.4 Å². The second-order valence-corrected chi connectivity index (χ2v) is 9.41. The molecule has 2 saturated carbocycles. The highest BCUT2D eigenvalue weighted by atomic mass is 127. The number of hydrogen-bond donors (Lipinski definition) is 4. The molecule has 2 aromatic heterocycles. The van der Waals surface area contributed by atoms with Gasteiger partial charge in [-0.1, -0.05) is 23.7 Å². The summed E-state index contributed by atoms with van der Waals surface area (Å²) in [5, 5.41) is 28.0. The lowest BCUT2D eigenvalue weighted by Crippen LogP contribution is -2.41. The highest BCUT2D eigenvalue weighted by Gasteiger charge is 2.75. The SMILES string of the molecule is CNC(=O)[C@]12CC1[C@@H](n1cnc3c(NCc4cccc(Cl)c4)nc(I)nc31)[C@H](O)C2O. The molecule has 2 fully saturated rings. The Bertz CT molecular complexity index is 1190. The molecule has 1 amide bonds. The van der Waals surface area contributed by atoms with E-state index < -0.39 is 23.7 Å². The van der Waals surface area contributed by atoms with E-state index in [0.29, 0.717) is 38.8 Å². The summed E-state index contributed by atoms with van der Waals surface area (Å²) < 4.78 is 2.28. The van der Waals surface area contributed by atoms with Crippen molar-refractivity contribution in [3.63, 3.8) is 0 Å². The summed E-state index contributed by atoms with van der Waals surface area (Å²) in [6.45, 7) is 0.503. The summed E-state index contributed by atoms with van der Waals surface area (Å²) in [4.78, 5) is 25.9. The minimum Gasteiger partial charge on any atom is -0.389 e. The van der Waals surface area contributed by atoms with Gasteiger partial charge in [-0.15, -0.1) is 0 Å². The topological polar surface area (TPSA) is 125 Å². The van der Waals surface area contributed by atoms with Gasteiger partial charge in [0.1, 0.15) is 6.10 Å². The lowest BCUT2D eigenvalue weighted by molar-refractivity contribution is -0.132. The monoisotopic (exact) mass is 554 g/mol. The van der Waals surface area contributed by atoms with E-state index in [1.165, 1.54) is 0 Å². The van der Waals surface area contributed by atoms with Gasteiger partial charge in [0.15, 0.2) is 20.8 Å². The molecule has 3 aromatic rings. The van der Waals surface area contributed by atoms with Crippen LogP contribution in [0.25, 0.3) is 11.2 Å². The molecule has 2 heterocycles. The highest BCUT2D eigenvalue weighted by molar-refractivity contribution is 14.1. The lowest BCUT2D eigenvalue weighted by Gasteiger charge is -2.23. The summed E-state index contributed by atoms with van der Waals surface area (Å²) in [6, 6.07) is 7.04. The maximum atomic E-state index is 12.4. The normalized spacial score (nSPS) is 29.1. The first-order valence-corrected chi connectivity index (χ1v) is 11.3. The number of nitrogens with one attached hydrogen (secondary N) is 2. The zero-order chi connectivity index (χ0) is 21.9. The van der Waals surface area contributed by atoms with Crippen LogP contribution in [0.1, 0.15) is 18.0 Å². The van der Waals surface area contributed by atoms with Gasteiger partial charge >= 0.3 is 0 Å². The van der Waals surface area contributed by atoms with Crippen LogP contribution in [-0.2, 0) is 11.3 Å². The number of benzene rings is 1. The molecule has 2 aliphatic rings. The van der Waals surface area contributed by atoms with Crippen molar-refractivity contribution in [1.82, 2.24) is 24.8 Å². The zero-order valence-electron chi connectivity index (χ0n) is 16.5. The zero-order valence-corrected chi connectivity index (χ0v) is 19.4. The number of halogens is 2. The minimum atomic E-state index is -1.14. The van der Waals surface area contributed by atoms with Gasteiger partial charge in [0.05, 0.1) is 23.9 Å². The molecular weight excluding hydrogens is 535 g/mol. The Kier molecular flexibility index (Phi) is 5.07. The van der Waals surface area contributed by atoms with Crippen molar-refractivity contribution in [1.29, 1.82) is 0 Å². The number of rotatable bonds is 5. The van der Waals surface area contributed by atoms with Crippen LogP contribution in [0.4, 0.5) is 5.82 Å². The number of hydrogen-bond acceptors (Lipinski definition) is 7. The summed E-state index contributed by atoms with van der Waals surface area (Å²) >= 11 is 8.10. The van der Waals surface area contributed by atoms with Crippen LogP contribution in [0.2, 0.25) is 5.02 Å². The van der Waals surface area contributed by atoms with Crippen LogP contribution in [-0.4, -0.2) is 54.9 Å². The van der Waals surface area contributed by atoms with Crippen molar-refractivity contribution < 1.29 is 15.0 Å². The van der Waals surface area contributed by atoms with Crippen LogP contribution in [0.15, 0.2) is 30.6 Å². The van der Waals surface area contributed by atoms with Gasteiger partial charge in [-0.05, 0) is 24.1 Å². The van der Waals surface area contributed by atoms with E-state index in [-0.39, 0.29) is 11.8 Å². The molecule has 31 heavy (non-hydrogen) atoms. The average Bonchev–Trinajstić information content (AvgIpc) is 3.29. The molecule has 4 N–H and O–H groups in total. The molecular formula is C20H20ClIN6O3. The van der Waals surface area contributed by atoms with Crippen molar-refractivity contribution in [2.45, 2.75) is 31.2 Å². The van der Waals surface area contributed by atoms with E-state index >= 15 is 0 Å². The van der Waals surface area contributed by atoms with Crippen LogP contribution >= 0.6 is 34.2 Å². The van der Waals surface area contributed by atoms with E-state index in [0.717, 1.165) is 5.56 Å². The maximum absolute atomic E-state index is 12.4. The number of nitrogens with zero attached hydrogens (tertiary/aromatic N) is 4. The van der Waals surface area contributed by atoms with E-state index in [2.05, 4.69) is 25.6 Å². The maximum Gasteiger partial charge on any atom is 0.229 e. The first-order chi connectivity index (χ1) is 14.9. The fourth-order valence-electron chi connectivity index (χ4n) is 4.85. The second-order valence-electron chi connectivity index (χ2n) is 8.00. The molecule has 0 aliphatic heterocycles. The number of amides is 1. The van der Waals surface area contributed by atoms with Crippen LogP contribution in [0.3, 0.4) is 0 Å². The second kappa shape index (κ2) is 7.54. The van der Waals surface area contributed by atoms with Gasteiger partial charge in [0.2, 0.25) is 5.91 Å². The summed E-state index contributed by atoms with van der Waals surface area (Å²) in [5.74, 6) is 0.129. The Morgan fingerprint density at radius 2 is 2.19 bits per heavy atom. The smallest absolute Gasteiger partial charge is 0.229 e. The minimum absolute atomic E-state index is 0.189. The summed E-state index contributed by atoms with van der Waals surface area (Å²) in [7, 11) is 1.54. The number of aliphatic hydroxyl groups excluding tert-OH is 2. The Balaban J connectivity index is 1.49. The molecule has 162 valence electrons. The predicted molar refractivity (Wildman–Crippen MR) is 122 cm³/mol. The Morgan fingerprint density at radius 3 is 2.94 bits per heavy atom. The molecule has 0 bridgehead atoms. The van der Waals surface area contributed by atoms with E-state index in [1.54, 1.807) is 17.9 Å². The number of aliphatic hydroxyl groups is 2. The third-order valence-electron chi connectivity index (χ3n) is 6.39. The van der Waals surface area contributed by atoms with Crippen molar-refractivity contribution in [3.05, 3.63) is 45.0 Å². The van der Waals surface area contributed by atoms with Crippen LogP contribution in [0, 0.1) is 15.2 Å². The number of carbonyl (C=O) groups excluding carboxylic acids is 1. The number of fused-ring (bicyclic) bond motifs is 2. The molecule has 2 aliphatic carbocycles. The van der Waals surface area contributed by atoms with E-state index in [1.807, 2.05) is 46.9 Å². The van der Waals surface area contributed by atoms with Gasteiger partial charge in [0.25, 0.3) is 0 Å². The first kappa shape index (κ1) is 20.9. The average molecular weight is 555 g/mol. The molecule has 5 rings (SSSR count). The van der Waals surface area contributed by atoms with Gasteiger partial charge < -0.3 is 25.4 Å². The Morgan fingerprint density at radius 1 is 1.39 bits per heavy atom. The predicted octanol–water partition coefficient (Wildman–Crippen LogP) is 1.73. The quantitative estimate of drug-likeness (QED) is 0.280. The molecule has 0 spiro atoms. The molecule has 1 aromatic carbocycles. The van der Waals surface area contributed by atoms with Crippen LogP contribution < -0.4 is 10.6 Å². The third kappa shape index (κ3) is 3.19. The number of aromatic nitrogens is 4. The fraction of sp³-hybridized carbons (Fsp3) is 0.400. The van der Waals surface area contributed by atoms with Gasteiger partial charge in [-0.25, -0.2) is 15.0 Å². The molecule has 0 radical (unpaired) electrons.